The first kappa shape index (κ1) is 21.0. The lowest BCUT2D eigenvalue weighted by Crippen LogP contribution is -2.33. The molecular weight excluding hydrogens is 375 g/mol. The Hall–Kier alpha value is -2.29. The first-order valence-corrected chi connectivity index (χ1v) is 9.34. The molecule has 27 heavy (non-hydrogen) atoms. The number of ether oxygens (including phenoxy) is 2. The van der Waals surface area contributed by atoms with E-state index in [-0.39, 0.29) is 30.5 Å². The highest BCUT2D eigenvalue weighted by atomic mass is 32.2. The third-order valence-corrected chi connectivity index (χ3v) is 5.04. The largest absolute Gasteiger partial charge is 0.465 e. The number of hydrogen-bond donors (Lipinski definition) is 1. The molecule has 1 aliphatic rings. The second-order valence-electron chi connectivity index (χ2n) is 6.50. The summed E-state index contributed by atoms with van der Waals surface area (Å²) in [4.78, 5) is 36.6. The Balaban J connectivity index is 2.09. The summed E-state index contributed by atoms with van der Waals surface area (Å²) in [5.74, 6) is -1.20. The first-order valence-electron chi connectivity index (χ1n) is 8.52. The number of thioether (sulfide) groups is 1. The molecule has 0 aromatic heterocycles. The molecule has 1 aliphatic heterocycles. The molecule has 1 atom stereocenters. The van der Waals surface area contributed by atoms with Gasteiger partial charge in [0, 0.05) is 11.8 Å². The van der Waals surface area contributed by atoms with E-state index in [1.807, 2.05) is 0 Å². The van der Waals surface area contributed by atoms with Crippen LogP contribution in [0.3, 0.4) is 0 Å². The van der Waals surface area contributed by atoms with Crippen LogP contribution in [0.4, 0.5) is 14.9 Å². The fourth-order valence-corrected chi connectivity index (χ4v) is 3.44. The summed E-state index contributed by atoms with van der Waals surface area (Å²) < 4.78 is 23.8. The Bertz CT molecular complexity index is 740. The van der Waals surface area contributed by atoms with Gasteiger partial charge in [0.15, 0.2) is 0 Å². The van der Waals surface area contributed by atoms with E-state index in [0.717, 1.165) is 11.8 Å². The Morgan fingerprint density at radius 2 is 2.15 bits per heavy atom. The van der Waals surface area contributed by atoms with Crippen molar-refractivity contribution in [3.05, 3.63) is 24.0 Å². The number of nitrogens with one attached hydrogen (secondary N) is 1. The van der Waals surface area contributed by atoms with E-state index in [0.29, 0.717) is 5.69 Å². The number of amides is 2. The van der Waals surface area contributed by atoms with Gasteiger partial charge in [-0.2, -0.15) is 0 Å². The van der Waals surface area contributed by atoms with Gasteiger partial charge in [-0.3, -0.25) is 14.5 Å². The summed E-state index contributed by atoms with van der Waals surface area (Å²) in [5, 5.41) is 2.58. The predicted molar refractivity (Wildman–Crippen MR) is 99.3 cm³/mol. The minimum atomic E-state index is -0.950. The molecule has 1 fully saturated rings. The smallest absolute Gasteiger partial charge is 0.414 e. The molecule has 0 radical (unpaired) electrons. The number of carbonyl (C=O) groups excluding carboxylic acids is 3. The Morgan fingerprint density at radius 3 is 2.74 bits per heavy atom. The van der Waals surface area contributed by atoms with Gasteiger partial charge in [0.1, 0.15) is 16.7 Å². The average molecular weight is 398 g/mol. The summed E-state index contributed by atoms with van der Waals surface area (Å²) >= 11 is 1.05. The third kappa shape index (κ3) is 5.35. The molecule has 1 aromatic rings. The molecular formula is C18H23FN2O5S. The number of anilines is 1. The molecule has 9 heteroatoms. The van der Waals surface area contributed by atoms with Crippen molar-refractivity contribution < 1.29 is 28.2 Å². The lowest BCUT2D eigenvalue weighted by molar-refractivity contribution is -0.145. The van der Waals surface area contributed by atoms with Crippen LogP contribution in [0.5, 0.6) is 0 Å². The molecule has 2 amide bonds. The van der Waals surface area contributed by atoms with Crippen molar-refractivity contribution in [2.75, 3.05) is 24.6 Å². The highest BCUT2D eigenvalue weighted by Gasteiger charge is 2.34. The fourth-order valence-electron chi connectivity index (χ4n) is 2.46. The monoisotopic (exact) mass is 398 g/mol. The van der Waals surface area contributed by atoms with Crippen LogP contribution in [0.15, 0.2) is 23.1 Å². The van der Waals surface area contributed by atoms with Crippen molar-refractivity contribution in [2.45, 2.75) is 43.4 Å². The molecule has 1 heterocycles. The molecule has 2 rings (SSSR count). The molecule has 0 spiro atoms. The van der Waals surface area contributed by atoms with Gasteiger partial charge in [-0.05, 0) is 39.0 Å². The van der Waals surface area contributed by atoms with E-state index < -0.39 is 28.7 Å². The van der Waals surface area contributed by atoms with Crippen LogP contribution in [0.2, 0.25) is 0 Å². The first-order chi connectivity index (χ1) is 12.6. The van der Waals surface area contributed by atoms with Gasteiger partial charge in [0.25, 0.3) is 0 Å². The molecule has 148 valence electrons. The van der Waals surface area contributed by atoms with Crippen molar-refractivity contribution in [1.82, 2.24) is 5.32 Å². The minimum Gasteiger partial charge on any atom is -0.465 e. The van der Waals surface area contributed by atoms with Gasteiger partial charge in [0.2, 0.25) is 5.91 Å². The van der Waals surface area contributed by atoms with Gasteiger partial charge in [-0.1, -0.05) is 0 Å². The molecule has 0 bridgehead atoms. The predicted octanol–water partition coefficient (Wildman–Crippen LogP) is 2.72. The van der Waals surface area contributed by atoms with Gasteiger partial charge in [-0.25, -0.2) is 9.18 Å². The van der Waals surface area contributed by atoms with Crippen LogP contribution in [-0.4, -0.2) is 48.5 Å². The summed E-state index contributed by atoms with van der Waals surface area (Å²) in [6, 6.07) is 4.34. The molecule has 0 aliphatic carbocycles. The number of carbonyl (C=O) groups is 3. The van der Waals surface area contributed by atoms with E-state index in [4.69, 9.17) is 9.47 Å². The standard InChI is InChI=1S/C18H23FN2O5S/c1-5-25-16(23)18(3,4)27-15-7-6-12(8-14(15)19)21-10-13(26-17(21)24)9-20-11(2)22/h6-8,13H,5,9-10H2,1-4H3,(H,20,22)/t13-/m0/s1. The van der Waals surface area contributed by atoms with Crippen LogP contribution in [0, 0.1) is 5.82 Å². The van der Waals surface area contributed by atoms with Crippen LogP contribution in [-0.2, 0) is 19.1 Å². The van der Waals surface area contributed by atoms with E-state index in [2.05, 4.69) is 5.32 Å². The van der Waals surface area contributed by atoms with E-state index in [1.54, 1.807) is 26.8 Å². The van der Waals surface area contributed by atoms with Crippen molar-refractivity contribution >= 4 is 35.4 Å². The molecule has 1 N–H and O–H groups in total. The zero-order chi connectivity index (χ0) is 20.2. The Labute approximate surface area is 161 Å². The van der Waals surface area contributed by atoms with Crippen molar-refractivity contribution in [2.24, 2.45) is 0 Å². The Kier molecular flexibility index (Phi) is 6.69. The second-order valence-corrected chi connectivity index (χ2v) is 8.17. The van der Waals surface area contributed by atoms with Gasteiger partial charge < -0.3 is 14.8 Å². The lowest BCUT2D eigenvalue weighted by atomic mass is 10.2. The number of benzene rings is 1. The normalized spacial score (nSPS) is 16.9. The lowest BCUT2D eigenvalue weighted by Gasteiger charge is -2.22. The topological polar surface area (TPSA) is 84.9 Å². The maximum atomic E-state index is 14.6. The number of rotatable bonds is 7. The number of esters is 1. The van der Waals surface area contributed by atoms with Crippen molar-refractivity contribution in [3.8, 4) is 0 Å². The zero-order valence-electron chi connectivity index (χ0n) is 15.7. The van der Waals surface area contributed by atoms with E-state index in [9.17, 15) is 18.8 Å². The summed E-state index contributed by atoms with van der Waals surface area (Å²) in [7, 11) is 0. The van der Waals surface area contributed by atoms with Crippen LogP contribution in [0.1, 0.15) is 27.7 Å². The van der Waals surface area contributed by atoms with Crippen molar-refractivity contribution in [3.63, 3.8) is 0 Å². The maximum Gasteiger partial charge on any atom is 0.414 e. The highest BCUT2D eigenvalue weighted by Crippen LogP contribution is 2.36. The van der Waals surface area contributed by atoms with Gasteiger partial charge >= 0.3 is 12.1 Å². The number of halogens is 1. The average Bonchev–Trinajstić information content (AvgIpc) is 2.96. The molecule has 7 nitrogen and oxygen atoms in total. The van der Waals surface area contributed by atoms with Crippen LogP contribution in [0.25, 0.3) is 0 Å². The summed E-state index contributed by atoms with van der Waals surface area (Å²) in [6.07, 6.45) is -1.10. The van der Waals surface area contributed by atoms with Crippen LogP contribution < -0.4 is 10.2 Å². The third-order valence-electron chi connectivity index (χ3n) is 3.81. The van der Waals surface area contributed by atoms with Gasteiger partial charge in [0.05, 0.1) is 25.4 Å². The minimum absolute atomic E-state index is 0.196. The molecule has 0 saturated carbocycles. The number of cyclic esters (lactones) is 1. The Morgan fingerprint density at radius 1 is 1.44 bits per heavy atom. The highest BCUT2D eigenvalue weighted by molar-refractivity contribution is 8.01. The molecule has 0 unspecified atom stereocenters. The molecule has 1 saturated heterocycles. The maximum absolute atomic E-state index is 14.6. The van der Waals surface area contributed by atoms with Crippen molar-refractivity contribution in [1.29, 1.82) is 0 Å². The quantitative estimate of drug-likeness (QED) is 0.562. The van der Waals surface area contributed by atoms with E-state index >= 15 is 0 Å². The molecule has 1 aromatic carbocycles. The summed E-state index contributed by atoms with van der Waals surface area (Å²) in [5.41, 5.74) is 0.348. The van der Waals surface area contributed by atoms with Gasteiger partial charge in [-0.15, -0.1) is 11.8 Å². The number of hydrogen-bond acceptors (Lipinski definition) is 6. The van der Waals surface area contributed by atoms with E-state index in [1.165, 1.54) is 24.0 Å². The second kappa shape index (κ2) is 8.60. The zero-order valence-corrected chi connectivity index (χ0v) is 16.5. The summed E-state index contributed by atoms with van der Waals surface area (Å²) in [6.45, 7) is 7.06. The number of nitrogens with zero attached hydrogens (tertiary/aromatic N) is 1. The van der Waals surface area contributed by atoms with Crippen LogP contribution >= 0.6 is 11.8 Å². The SMILES string of the molecule is CCOC(=O)C(C)(C)Sc1ccc(N2C[C@H](CNC(C)=O)OC2=O)cc1F. The fraction of sp³-hybridized carbons (Fsp3) is 0.500.